The van der Waals surface area contributed by atoms with Gasteiger partial charge in [-0.05, 0) is 34.7 Å². The predicted molar refractivity (Wildman–Crippen MR) is 99.9 cm³/mol. The van der Waals surface area contributed by atoms with Crippen LogP contribution >= 0.6 is 15.9 Å². The molecule has 0 bridgehead atoms. The van der Waals surface area contributed by atoms with Gasteiger partial charge in [0.15, 0.2) is 11.4 Å². The Bertz CT molecular complexity index is 1010. The van der Waals surface area contributed by atoms with Gasteiger partial charge in [0.05, 0.1) is 29.7 Å². The maximum atomic E-state index is 13.4. The van der Waals surface area contributed by atoms with Gasteiger partial charge in [-0.15, -0.1) is 0 Å². The molecule has 0 unspecified atom stereocenters. The van der Waals surface area contributed by atoms with Crippen molar-refractivity contribution in [2.45, 2.75) is 25.3 Å². The lowest BCUT2D eigenvalue weighted by Gasteiger charge is -2.35. The second-order valence-electron chi connectivity index (χ2n) is 7.28. The van der Waals surface area contributed by atoms with Gasteiger partial charge in [0, 0.05) is 13.1 Å². The third kappa shape index (κ3) is 2.61. The normalized spacial score (nSPS) is 25.9. The lowest BCUT2D eigenvalue weighted by molar-refractivity contribution is -0.127. The number of imidazole rings is 1. The summed E-state index contributed by atoms with van der Waals surface area (Å²) in [5.41, 5.74) is 4.43. The molecular formula is C17H18BrN7O2. The molecule has 0 radical (unpaired) electrons. The van der Waals surface area contributed by atoms with Crippen molar-refractivity contribution in [3.05, 3.63) is 22.6 Å². The number of nitriles is 1. The van der Waals surface area contributed by atoms with Crippen molar-refractivity contribution in [2.75, 3.05) is 18.4 Å². The maximum absolute atomic E-state index is 13.4. The number of fused-ring (bicyclic) bond motifs is 1. The van der Waals surface area contributed by atoms with Crippen LogP contribution in [-0.4, -0.2) is 44.9 Å². The van der Waals surface area contributed by atoms with E-state index in [1.54, 1.807) is 6.20 Å². The summed E-state index contributed by atoms with van der Waals surface area (Å²) in [6, 6.07) is 2.19. The number of rotatable bonds is 5. The molecule has 2 fully saturated rings. The first kappa shape index (κ1) is 17.9. The number of nitrogens with two attached hydrogens (primary N) is 1. The van der Waals surface area contributed by atoms with E-state index in [0.717, 1.165) is 0 Å². The second kappa shape index (κ2) is 6.00. The summed E-state index contributed by atoms with van der Waals surface area (Å²) >= 11 is 3.30. The number of nitrogens with one attached hydrogen (secondary N) is 2. The fourth-order valence-electron chi connectivity index (χ4n) is 3.74. The SMILES string of the molecule is C[C@H]1CNC[C@]1(Nc1c(C(N)=O)cnn2cc(Br)nc12)C(=O)C1(C#N)CC1. The van der Waals surface area contributed by atoms with Crippen molar-refractivity contribution in [3.8, 4) is 6.07 Å². The molecule has 2 atom stereocenters. The Balaban J connectivity index is 1.88. The number of hydrogen-bond donors (Lipinski definition) is 3. The maximum Gasteiger partial charge on any atom is 0.252 e. The number of aromatic nitrogens is 3. The second-order valence-corrected chi connectivity index (χ2v) is 8.09. The number of anilines is 1. The van der Waals surface area contributed by atoms with Crippen LogP contribution in [0.3, 0.4) is 0 Å². The molecule has 1 saturated carbocycles. The third-order valence-electron chi connectivity index (χ3n) is 5.58. The van der Waals surface area contributed by atoms with Crippen LogP contribution in [0.4, 0.5) is 5.69 Å². The van der Waals surface area contributed by atoms with Crippen LogP contribution in [0.15, 0.2) is 17.0 Å². The van der Waals surface area contributed by atoms with E-state index in [0.29, 0.717) is 41.9 Å². The monoisotopic (exact) mass is 431 g/mol. The number of nitrogens with zero attached hydrogens (tertiary/aromatic N) is 4. The number of Topliss-reactive ketones (excluding diaryl/α,β-unsaturated/α-hetero) is 1. The van der Waals surface area contributed by atoms with E-state index >= 15 is 0 Å². The number of carbonyl (C=O) groups excluding carboxylic acids is 2. The third-order valence-corrected chi connectivity index (χ3v) is 5.96. The summed E-state index contributed by atoms with van der Waals surface area (Å²) in [4.78, 5) is 29.8. The van der Waals surface area contributed by atoms with E-state index in [1.165, 1.54) is 10.7 Å². The highest BCUT2D eigenvalue weighted by Crippen LogP contribution is 2.50. The van der Waals surface area contributed by atoms with Crippen molar-refractivity contribution >= 4 is 39.0 Å². The quantitative estimate of drug-likeness (QED) is 0.637. The van der Waals surface area contributed by atoms with Gasteiger partial charge in [-0.25, -0.2) is 9.50 Å². The van der Waals surface area contributed by atoms with Crippen molar-refractivity contribution in [3.63, 3.8) is 0 Å². The molecule has 4 rings (SSSR count). The first-order valence-electron chi connectivity index (χ1n) is 8.62. The average Bonchev–Trinajstić information content (AvgIpc) is 3.21. The lowest BCUT2D eigenvalue weighted by atomic mass is 9.77. The van der Waals surface area contributed by atoms with Crippen molar-refractivity contribution < 1.29 is 9.59 Å². The molecule has 0 aromatic carbocycles. The van der Waals surface area contributed by atoms with Gasteiger partial charge in [-0.1, -0.05) is 6.92 Å². The van der Waals surface area contributed by atoms with E-state index in [9.17, 15) is 14.9 Å². The largest absolute Gasteiger partial charge is 0.368 e. The number of amides is 1. The Hall–Kier alpha value is -2.51. The number of halogens is 1. The minimum atomic E-state index is -1.03. The van der Waals surface area contributed by atoms with Gasteiger partial charge in [0.1, 0.15) is 15.6 Å². The molecule has 10 heteroatoms. The topological polar surface area (TPSA) is 138 Å². The standard InChI is InChI=1S/C17H18BrN7O2/c1-9-4-21-8-17(9,15(27)16(7-19)2-3-16)24-12-10(13(20)26)5-22-25-6-11(18)23-14(12)25/h5-6,9,21,24H,2-4,8H2,1H3,(H2,20,26)/t9-,17+/m0/s1. The number of hydrogen-bond acceptors (Lipinski definition) is 7. The summed E-state index contributed by atoms with van der Waals surface area (Å²) in [5.74, 6) is -0.913. The zero-order chi connectivity index (χ0) is 19.4. The van der Waals surface area contributed by atoms with Crippen LogP contribution in [0.1, 0.15) is 30.1 Å². The molecule has 1 amide bonds. The van der Waals surface area contributed by atoms with Crippen LogP contribution in [0.2, 0.25) is 0 Å². The highest BCUT2D eigenvalue weighted by Gasteiger charge is 2.61. The first-order valence-corrected chi connectivity index (χ1v) is 9.41. The van der Waals surface area contributed by atoms with Crippen LogP contribution in [-0.2, 0) is 4.79 Å². The Labute approximate surface area is 163 Å². The molecule has 9 nitrogen and oxygen atoms in total. The molecule has 2 aliphatic rings. The van der Waals surface area contributed by atoms with Crippen LogP contribution < -0.4 is 16.4 Å². The van der Waals surface area contributed by atoms with Crippen LogP contribution in [0.25, 0.3) is 5.65 Å². The van der Waals surface area contributed by atoms with Crippen LogP contribution in [0, 0.1) is 22.7 Å². The minimum absolute atomic E-state index is 0.0943. The Morgan fingerprint density at radius 3 is 2.81 bits per heavy atom. The summed E-state index contributed by atoms with van der Waals surface area (Å²) in [7, 11) is 0. The summed E-state index contributed by atoms with van der Waals surface area (Å²) in [6.45, 7) is 2.92. The summed E-state index contributed by atoms with van der Waals surface area (Å²) in [6.07, 6.45) is 4.12. The number of primary amides is 1. The molecule has 140 valence electrons. The number of carbonyl (C=O) groups is 2. The average molecular weight is 432 g/mol. The molecule has 1 aliphatic carbocycles. The zero-order valence-corrected chi connectivity index (χ0v) is 16.2. The summed E-state index contributed by atoms with van der Waals surface area (Å²) < 4.78 is 2.04. The first-order chi connectivity index (χ1) is 12.8. The lowest BCUT2D eigenvalue weighted by Crippen LogP contribution is -2.55. The molecular weight excluding hydrogens is 414 g/mol. The Morgan fingerprint density at radius 2 is 2.26 bits per heavy atom. The molecule has 1 aliphatic heterocycles. The van der Waals surface area contributed by atoms with E-state index < -0.39 is 16.9 Å². The smallest absolute Gasteiger partial charge is 0.252 e. The van der Waals surface area contributed by atoms with E-state index in [4.69, 9.17) is 5.73 Å². The van der Waals surface area contributed by atoms with Crippen molar-refractivity contribution in [1.82, 2.24) is 19.9 Å². The molecule has 1 saturated heterocycles. The highest BCUT2D eigenvalue weighted by atomic mass is 79.9. The van der Waals surface area contributed by atoms with Crippen molar-refractivity contribution in [1.29, 1.82) is 5.26 Å². The van der Waals surface area contributed by atoms with Gasteiger partial charge >= 0.3 is 0 Å². The predicted octanol–water partition coefficient (Wildman–Crippen LogP) is 0.854. The minimum Gasteiger partial charge on any atom is -0.368 e. The van der Waals surface area contributed by atoms with E-state index in [1.807, 2.05) is 6.92 Å². The zero-order valence-electron chi connectivity index (χ0n) is 14.6. The van der Waals surface area contributed by atoms with E-state index in [2.05, 4.69) is 42.7 Å². The molecule has 4 N–H and O–H groups in total. The van der Waals surface area contributed by atoms with Gasteiger partial charge < -0.3 is 16.4 Å². The van der Waals surface area contributed by atoms with Gasteiger partial charge in [-0.3, -0.25) is 9.59 Å². The van der Waals surface area contributed by atoms with Gasteiger partial charge in [0.2, 0.25) is 0 Å². The molecule has 2 aromatic heterocycles. The molecule has 3 heterocycles. The molecule has 0 spiro atoms. The fourth-order valence-corrected chi connectivity index (χ4v) is 4.11. The Kier molecular flexibility index (Phi) is 3.98. The molecule has 27 heavy (non-hydrogen) atoms. The Morgan fingerprint density at radius 1 is 1.52 bits per heavy atom. The van der Waals surface area contributed by atoms with Crippen LogP contribution in [0.5, 0.6) is 0 Å². The van der Waals surface area contributed by atoms with Gasteiger partial charge in [0.25, 0.3) is 5.91 Å². The number of ketones is 1. The fraction of sp³-hybridized carbons (Fsp3) is 0.471. The van der Waals surface area contributed by atoms with Gasteiger partial charge in [-0.2, -0.15) is 10.4 Å². The summed E-state index contributed by atoms with van der Waals surface area (Å²) in [5, 5.41) is 20.2. The molecule has 2 aromatic rings. The highest BCUT2D eigenvalue weighted by molar-refractivity contribution is 9.10. The van der Waals surface area contributed by atoms with E-state index in [-0.39, 0.29) is 17.3 Å². The van der Waals surface area contributed by atoms with Crippen molar-refractivity contribution in [2.24, 2.45) is 17.1 Å².